The van der Waals surface area contributed by atoms with Gasteiger partial charge in [0.15, 0.2) is 0 Å². The zero-order valence-corrected chi connectivity index (χ0v) is 15.6. The van der Waals surface area contributed by atoms with E-state index in [1.54, 1.807) is 12.4 Å². The van der Waals surface area contributed by atoms with Crippen LogP contribution in [0.5, 0.6) is 0 Å². The fraction of sp³-hybridized carbons (Fsp3) is 0.417. The van der Waals surface area contributed by atoms with Crippen LogP contribution in [-0.2, 0) is 4.79 Å². The molecule has 4 aliphatic rings. The topological polar surface area (TPSA) is 42.0 Å². The molecule has 3 nitrogen and oxygen atoms in total. The second-order valence-electron chi connectivity index (χ2n) is 8.89. The first-order chi connectivity index (χ1) is 13.2. The SMILES string of the molecule is O=C(Nc1cccc(/C=C/c2ccncc2)c1)C12CC3CC(CC(C3)C1)C2. The third kappa shape index (κ3) is 3.31. The Morgan fingerprint density at radius 2 is 1.56 bits per heavy atom. The highest BCUT2D eigenvalue weighted by atomic mass is 16.2. The molecule has 6 rings (SSSR count). The molecule has 4 aliphatic carbocycles. The van der Waals surface area contributed by atoms with Gasteiger partial charge in [-0.25, -0.2) is 0 Å². The lowest BCUT2D eigenvalue weighted by Gasteiger charge is -2.55. The van der Waals surface area contributed by atoms with Crippen LogP contribution in [0.25, 0.3) is 12.2 Å². The summed E-state index contributed by atoms with van der Waals surface area (Å²) in [5.41, 5.74) is 3.02. The quantitative estimate of drug-likeness (QED) is 0.794. The van der Waals surface area contributed by atoms with Gasteiger partial charge in [-0.15, -0.1) is 0 Å². The van der Waals surface area contributed by atoms with Crippen molar-refractivity contribution in [2.75, 3.05) is 5.32 Å². The van der Waals surface area contributed by atoms with Gasteiger partial charge in [-0.2, -0.15) is 0 Å². The van der Waals surface area contributed by atoms with Crippen LogP contribution in [-0.4, -0.2) is 10.9 Å². The molecule has 27 heavy (non-hydrogen) atoms. The predicted octanol–water partition coefficient (Wildman–Crippen LogP) is 5.41. The number of amides is 1. The Hall–Kier alpha value is -2.42. The van der Waals surface area contributed by atoms with Gasteiger partial charge in [0.2, 0.25) is 5.91 Å². The molecule has 0 unspecified atom stereocenters. The molecule has 1 amide bonds. The minimum atomic E-state index is -0.0996. The zero-order chi connectivity index (χ0) is 18.3. The summed E-state index contributed by atoms with van der Waals surface area (Å²) < 4.78 is 0. The minimum absolute atomic E-state index is 0.0996. The van der Waals surface area contributed by atoms with Crippen molar-refractivity contribution >= 4 is 23.7 Å². The molecule has 2 aromatic rings. The van der Waals surface area contributed by atoms with Crippen LogP contribution >= 0.6 is 0 Å². The summed E-state index contributed by atoms with van der Waals surface area (Å²) >= 11 is 0. The van der Waals surface area contributed by atoms with Crippen LogP contribution in [0.15, 0.2) is 48.8 Å². The lowest BCUT2D eigenvalue weighted by Crippen LogP contribution is -2.51. The molecule has 4 saturated carbocycles. The molecule has 3 heteroatoms. The molecule has 4 fully saturated rings. The Balaban J connectivity index is 1.31. The number of carbonyl (C=O) groups excluding carboxylic acids is 1. The van der Waals surface area contributed by atoms with Gasteiger partial charge in [-0.05, 0) is 91.7 Å². The third-order valence-corrected chi connectivity index (χ3v) is 6.84. The lowest BCUT2D eigenvalue weighted by molar-refractivity contribution is -0.140. The van der Waals surface area contributed by atoms with Crippen molar-refractivity contribution in [3.05, 3.63) is 59.9 Å². The van der Waals surface area contributed by atoms with E-state index in [2.05, 4.69) is 34.6 Å². The lowest BCUT2D eigenvalue weighted by atomic mass is 9.49. The van der Waals surface area contributed by atoms with Gasteiger partial charge in [0.05, 0.1) is 5.41 Å². The van der Waals surface area contributed by atoms with Crippen LogP contribution < -0.4 is 5.32 Å². The highest BCUT2D eigenvalue weighted by molar-refractivity contribution is 5.96. The molecule has 0 aliphatic heterocycles. The molecule has 0 atom stereocenters. The number of hydrogen-bond acceptors (Lipinski definition) is 2. The fourth-order valence-electron chi connectivity index (χ4n) is 6.04. The van der Waals surface area contributed by atoms with E-state index >= 15 is 0 Å². The van der Waals surface area contributed by atoms with Crippen molar-refractivity contribution in [1.82, 2.24) is 4.98 Å². The molecule has 1 heterocycles. The Kier molecular flexibility index (Phi) is 4.11. The van der Waals surface area contributed by atoms with E-state index in [9.17, 15) is 4.79 Å². The number of benzene rings is 1. The molecule has 1 N–H and O–H groups in total. The number of hydrogen-bond donors (Lipinski definition) is 1. The number of carbonyl (C=O) groups is 1. The molecule has 4 bridgehead atoms. The number of pyridine rings is 1. The number of anilines is 1. The number of rotatable bonds is 4. The van der Waals surface area contributed by atoms with Crippen LogP contribution in [0, 0.1) is 23.2 Å². The maximum absolute atomic E-state index is 13.2. The number of aromatic nitrogens is 1. The van der Waals surface area contributed by atoms with Crippen LogP contribution in [0.1, 0.15) is 49.7 Å². The molecule has 138 valence electrons. The van der Waals surface area contributed by atoms with Gasteiger partial charge in [-0.3, -0.25) is 9.78 Å². The van der Waals surface area contributed by atoms with Gasteiger partial charge < -0.3 is 5.32 Å². The van der Waals surface area contributed by atoms with Crippen LogP contribution in [0.3, 0.4) is 0 Å². The van der Waals surface area contributed by atoms with E-state index < -0.39 is 0 Å². The first kappa shape index (κ1) is 16.7. The van der Waals surface area contributed by atoms with Gasteiger partial charge in [0, 0.05) is 18.1 Å². The maximum atomic E-state index is 13.2. The summed E-state index contributed by atoms with van der Waals surface area (Å²) in [7, 11) is 0. The van der Waals surface area contributed by atoms with Crippen molar-refractivity contribution in [2.24, 2.45) is 23.2 Å². The van der Waals surface area contributed by atoms with Gasteiger partial charge in [0.1, 0.15) is 0 Å². The average molecular weight is 358 g/mol. The van der Waals surface area contributed by atoms with Crippen LogP contribution in [0.2, 0.25) is 0 Å². The monoisotopic (exact) mass is 358 g/mol. The normalized spacial score (nSPS) is 31.3. The van der Waals surface area contributed by atoms with Crippen molar-refractivity contribution in [2.45, 2.75) is 38.5 Å². The standard InChI is InChI=1S/C24H26N2O/c27-23(24-14-19-10-20(15-24)12-21(11-19)16-24)26-22-3-1-2-18(13-22)5-4-17-6-8-25-9-7-17/h1-9,13,19-21H,10-12,14-16H2,(H,26,27)/b5-4+. The van der Waals surface area contributed by atoms with E-state index in [-0.39, 0.29) is 11.3 Å². The Labute approximate surface area is 160 Å². The highest BCUT2D eigenvalue weighted by Gasteiger charge is 2.54. The summed E-state index contributed by atoms with van der Waals surface area (Å²) in [6.45, 7) is 0. The predicted molar refractivity (Wildman–Crippen MR) is 109 cm³/mol. The van der Waals surface area contributed by atoms with Gasteiger partial charge in [-0.1, -0.05) is 24.3 Å². The molecular formula is C24H26N2O. The zero-order valence-electron chi connectivity index (χ0n) is 15.6. The van der Waals surface area contributed by atoms with Crippen molar-refractivity contribution in [3.8, 4) is 0 Å². The van der Waals surface area contributed by atoms with E-state index in [1.807, 2.05) is 24.3 Å². The summed E-state index contributed by atoms with van der Waals surface area (Å²) in [6.07, 6.45) is 15.1. The molecule has 0 spiro atoms. The summed E-state index contributed by atoms with van der Waals surface area (Å²) in [6, 6.07) is 12.1. The molecule has 1 aromatic carbocycles. The summed E-state index contributed by atoms with van der Waals surface area (Å²) in [5.74, 6) is 2.63. The summed E-state index contributed by atoms with van der Waals surface area (Å²) in [5, 5.41) is 3.25. The molecular weight excluding hydrogens is 332 g/mol. The Bertz CT molecular complexity index is 836. The Morgan fingerprint density at radius 1 is 0.926 bits per heavy atom. The summed E-state index contributed by atoms with van der Waals surface area (Å²) in [4.78, 5) is 17.3. The second kappa shape index (κ2) is 6.63. The maximum Gasteiger partial charge on any atom is 0.230 e. The average Bonchev–Trinajstić information content (AvgIpc) is 2.66. The Morgan fingerprint density at radius 3 is 2.22 bits per heavy atom. The van der Waals surface area contributed by atoms with E-state index in [1.165, 1.54) is 19.3 Å². The highest BCUT2D eigenvalue weighted by Crippen LogP contribution is 2.60. The van der Waals surface area contributed by atoms with Gasteiger partial charge >= 0.3 is 0 Å². The van der Waals surface area contributed by atoms with E-state index in [0.717, 1.165) is 53.8 Å². The van der Waals surface area contributed by atoms with Gasteiger partial charge in [0.25, 0.3) is 0 Å². The second-order valence-corrected chi connectivity index (χ2v) is 8.89. The minimum Gasteiger partial charge on any atom is -0.326 e. The third-order valence-electron chi connectivity index (χ3n) is 6.84. The number of nitrogens with one attached hydrogen (secondary N) is 1. The largest absolute Gasteiger partial charge is 0.326 e. The van der Waals surface area contributed by atoms with Crippen LogP contribution in [0.4, 0.5) is 5.69 Å². The molecule has 0 saturated heterocycles. The van der Waals surface area contributed by atoms with E-state index in [4.69, 9.17) is 0 Å². The van der Waals surface area contributed by atoms with E-state index in [0.29, 0.717) is 0 Å². The molecule has 1 aromatic heterocycles. The first-order valence-corrected chi connectivity index (χ1v) is 10.2. The molecule has 0 radical (unpaired) electrons. The van der Waals surface area contributed by atoms with Crippen molar-refractivity contribution in [1.29, 1.82) is 0 Å². The van der Waals surface area contributed by atoms with Crippen molar-refractivity contribution in [3.63, 3.8) is 0 Å². The fourth-order valence-corrected chi connectivity index (χ4v) is 6.04. The first-order valence-electron chi connectivity index (χ1n) is 10.2. The van der Waals surface area contributed by atoms with Crippen molar-refractivity contribution < 1.29 is 4.79 Å². The number of nitrogens with zero attached hydrogens (tertiary/aromatic N) is 1. The smallest absolute Gasteiger partial charge is 0.230 e.